The van der Waals surface area contributed by atoms with Gasteiger partial charge in [-0.15, -0.1) is 0 Å². The van der Waals surface area contributed by atoms with E-state index in [-0.39, 0.29) is 0 Å². The summed E-state index contributed by atoms with van der Waals surface area (Å²) in [4.78, 5) is 23.6. The Bertz CT molecular complexity index is 1310. The Hall–Kier alpha value is -4.07. The number of fused-ring (bicyclic) bond motifs is 1. The second-order valence-corrected chi connectivity index (χ2v) is 6.44. The molecule has 5 rings (SSSR count). The van der Waals surface area contributed by atoms with Gasteiger partial charge in [0.05, 0.1) is 6.20 Å². The van der Waals surface area contributed by atoms with E-state index in [1.165, 1.54) is 0 Å². The van der Waals surface area contributed by atoms with Crippen LogP contribution in [0.2, 0.25) is 0 Å². The van der Waals surface area contributed by atoms with Gasteiger partial charge in [0.25, 0.3) is 0 Å². The number of pyridine rings is 1. The van der Waals surface area contributed by atoms with Gasteiger partial charge < -0.3 is 4.98 Å². The van der Waals surface area contributed by atoms with Gasteiger partial charge in [0.2, 0.25) is 0 Å². The third-order valence-corrected chi connectivity index (χ3v) is 4.64. The molecule has 4 aromatic heterocycles. The highest BCUT2D eigenvalue weighted by molar-refractivity contribution is 5.94. The molecule has 0 fully saturated rings. The van der Waals surface area contributed by atoms with Gasteiger partial charge in [-0.05, 0) is 6.07 Å². The van der Waals surface area contributed by atoms with Crippen LogP contribution in [-0.4, -0.2) is 41.2 Å². The number of rotatable bonds is 4. The molecule has 0 aliphatic rings. The first-order valence-electron chi connectivity index (χ1n) is 8.66. The quantitative estimate of drug-likeness (QED) is 0.473. The van der Waals surface area contributed by atoms with Crippen LogP contribution in [-0.2, 0) is 7.05 Å². The zero-order valence-electron chi connectivity index (χ0n) is 14.9. The summed E-state index contributed by atoms with van der Waals surface area (Å²) in [6.45, 7) is 0. The Morgan fingerprint density at radius 2 is 2.00 bits per heavy atom. The zero-order valence-corrected chi connectivity index (χ0v) is 14.9. The maximum atomic E-state index is 11.3. The zero-order chi connectivity index (χ0) is 19.1. The van der Waals surface area contributed by atoms with Crippen molar-refractivity contribution in [2.75, 3.05) is 0 Å². The summed E-state index contributed by atoms with van der Waals surface area (Å²) in [6.07, 6.45) is 8.20. The summed E-state index contributed by atoms with van der Waals surface area (Å²) in [7, 11) is 1.88. The number of nitrogens with one attached hydrogen (secondary N) is 2. The molecule has 0 spiro atoms. The molecule has 1 aromatic carbocycles. The van der Waals surface area contributed by atoms with Gasteiger partial charge in [0.1, 0.15) is 5.65 Å². The minimum Gasteiger partial charge on any atom is -0.345 e. The monoisotopic (exact) mass is 369 g/mol. The molecule has 8 nitrogen and oxygen atoms in total. The Labute approximate surface area is 159 Å². The molecule has 5 aromatic rings. The van der Waals surface area contributed by atoms with Crippen molar-refractivity contribution >= 4 is 17.3 Å². The summed E-state index contributed by atoms with van der Waals surface area (Å²) in [5.41, 5.74) is 4.81. The molecule has 0 amide bonds. The highest BCUT2D eigenvalue weighted by atomic mass is 16.1. The number of hydrogen-bond donors (Lipinski definition) is 2. The molecule has 0 aliphatic heterocycles. The predicted molar refractivity (Wildman–Crippen MR) is 104 cm³/mol. The largest absolute Gasteiger partial charge is 0.345 e. The second-order valence-electron chi connectivity index (χ2n) is 6.44. The van der Waals surface area contributed by atoms with Crippen molar-refractivity contribution in [3.8, 4) is 33.9 Å². The first-order valence-corrected chi connectivity index (χ1v) is 8.66. The fraction of sp³-hybridized carbons (Fsp3) is 0.0500. The van der Waals surface area contributed by atoms with E-state index >= 15 is 0 Å². The SMILES string of the molecule is Cn1cc(-c2cnc3[nH]cc(-c4n[nH]c(-c5ccccc5C=O)n4)c3c2)cn1. The minimum absolute atomic E-state index is 0.534. The molecule has 0 aliphatic carbocycles. The molecular weight excluding hydrogens is 354 g/mol. The van der Waals surface area contributed by atoms with Crippen molar-refractivity contribution in [2.45, 2.75) is 0 Å². The van der Waals surface area contributed by atoms with Crippen LogP contribution in [0.25, 0.3) is 44.9 Å². The molecule has 0 bridgehead atoms. The van der Waals surface area contributed by atoms with Crippen molar-refractivity contribution in [3.05, 3.63) is 60.7 Å². The van der Waals surface area contributed by atoms with Gasteiger partial charge in [-0.1, -0.05) is 24.3 Å². The fourth-order valence-corrected chi connectivity index (χ4v) is 3.23. The number of benzene rings is 1. The molecule has 0 atom stereocenters. The highest BCUT2D eigenvalue weighted by Gasteiger charge is 2.15. The lowest BCUT2D eigenvalue weighted by atomic mass is 10.1. The van der Waals surface area contributed by atoms with Crippen molar-refractivity contribution in [2.24, 2.45) is 7.05 Å². The summed E-state index contributed by atoms with van der Waals surface area (Å²) in [5, 5.41) is 12.4. The number of aromatic amines is 2. The molecule has 0 saturated heterocycles. The molecule has 2 N–H and O–H groups in total. The van der Waals surface area contributed by atoms with E-state index in [1.54, 1.807) is 16.9 Å². The number of aryl methyl sites for hydroxylation is 1. The van der Waals surface area contributed by atoms with Crippen molar-refractivity contribution in [3.63, 3.8) is 0 Å². The Morgan fingerprint density at radius 1 is 1.11 bits per heavy atom. The van der Waals surface area contributed by atoms with Crippen LogP contribution in [0.15, 0.2) is 55.1 Å². The normalized spacial score (nSPS) is 11.2. The number of hydrogen-bond acceptors (Lipinski definition) is 5. The number of aromatic nitrogens is 7. The van der Waals surface area contributed by atoms with Crippen molar-refractivity contribution in [1.29, 1.82) is 0 Å². The number of carbonyl (C=O) groups excluding carboxylic acids is 1. The van der Waals surface area contributed by atoms with E-state index in [4.69, 9.17) is 0 Å². The predicted octanol–water partition coefficient (Wildman–Crippen LogP) is 3.23. The lowest BCUT2D eigenvalue weighted by Gasteiger charge is -1.99. The van der Waals surface area contributed by atoms with Crippen LogP contribution in [0.3, 0.4) is 0 Å². The van der Waals surface area contributed by atoms with Crippen molar-refractivity contribution in [1.82, 2.24) is 34.9 Å². The average Bonchev–Trinajstić information content (AvgIpc) is 3.46. The van der Waals surface area contributed by atoms with Crippen molar-refractivity contribution < 1.29 is 4.79 Å². The first kappa shape index (κ1) is 16.1. The van der Waals surface area contributed by atoms with Crippen LogP contribution in [0.1, 0.15) is 10.4 Å². The van der Waals surface area contributed by atoms with Gasteiger partial charge in [-0.25, -0.2) is 9.97 Å². The number of carbonyl (C=O) groups is 1. The number of nitrogens with zero attached hydrogens (tertiary/aromatic N) is 5. The summed E-state index contributed by atoms with van der Waals surface area (Å²) < 4.78 is 1.75. The Morgan fingerprint density at radius 3 is 2.82 bits per heavy atom. The van der Waals surface area contributed by atoms with E-state index < -0.39 is 0 Å². The molecule has 0 saturated carbocycles. The molecule has 0 unspecified atom stereocenters. The van der Waals surface area contributed by atoms with Gasteiger partial charge in [-0.2, -0.15) is 10.2 Å². The number of H-pyrrole nitrogens is 2. The van der Waals surface area contributed by atoms with Gasteiger partial charge >= 0.3 is 0 Å². The summed E-state index contributed by atoms with van der Waals surface area (Å²) in [6, 6.07) is 9.31. The average molecular weight is 369 g/mol. The lowest BCUT2D eigenvalue weighted by Crippen LogP contribution is -1.88. The van der Waals surface area contributed by atoms with E-state index in [9.17, 15) is 4.79 Å². The summed E-state index contributed by atoms with van der Waals surface area (Å²) >= 11 is 0. The van der Waals surface area contributed by atoms with E-state index in [0.29, 0.717) is 22.8 Å². The Balaban J connectivity index is 1.60. The maximum absolute atomic E-state index is 11.3. The third-order valence-electron chi connectivity index (χ3n) is 4.64. The second kappa shape index (κ2) is 6.27. The molecular formula is C20H15N7O. The maximum Gasteiger partial charge on any atom is 0.183 e. The van der Waals surface area contributed by atoms with Crippen LogP contribution in [0.4, 0.5) is 0 Å². The molecule has 28 heavy (non-hydrogen) atoms. The van der Waals surface area contributed by atoms with E-state index in [1.807, 2.05) is 49.9 Å². The van der Waals surface area contributed by atoms with Gasteiger partial charge in [0, 0.05) is 58.8 Å². The topological polar surface area (TPSA) is 105 Å². The standard InChI is InChI=1S/C20H15N7O/c1-27-10-14(8-23-27)13-6-16-17(9-22-18(16)21-7-13)20-24-19(25-26-20)15-5-3-2-4-12(15)11-28/h2-11H,1H3,(H,21,22)(H,24,25,26). The van der Waals surface area contributed by atoms with Crippen LogP contribution < -0.4 is 0 Å². The lowest BCUT2D eigenvalue weighted by molar-refractivity contribution is 0.112. The minimum atomic E-state index is 0.534. The highest BCUT2D eigenvalue weighted by Crippen LogP contribution is 2.30. The third kappa shape index (κ3) is 2.59. The number of aldehydes is 1. The van der Waals surface area contributed by atoms with Crippen LogP contribution in [0.5, 0.6) is 0 Å². The first-order chi connectivity index (χ1) is 13.7. The van der Waals surface area contributed by atoms with E-state index in [2.05, 4.69) is 30.2 Å². The fourth-order valence-electron chi connectivity index (χ4n) is 3.23. The molecule has 8 heteroatoms. The summed E-state index contributed by atoms with van der Waals surface area (Å²) in [5.74, 6) is 1.08. The molecule has 136 valence electrons. The van der Waals surface area contributed by atoms with Crippen LogP contribution in [0, 0.1) is 0 Å². The van der Waals surface area contributed by atoms with E-state index in [0.717, 1.165) is 34.0 Å². The van der Waals surface area contributed by atoms with Gasteiger partial charge in [0.15, 0.2) is 17.9 Å². The molecule has 4 heterocycles. The smallest absolute Gasteiger partial charge is 0.183 e. The Kier molecular flexibility index (Phi) is 3.61. The van der Waals surface area contributed by atoms with Gasteiger partial charge in [-0.3, -0.25) is 14.6 Å². The van der Waals surface area contributed by atoms with Crippen LogP contribution >= 0.6 is 0 Å². The molecule has 0 radical (unpaired) electrons.